The lowest BCUT2D eigenvalue weighted by atomic mass is 10.1. The molecule has 0 fully saturated rings. The van der Waals surface area contributed by atoms with Crippen molar-refractivity contribution in [1.29, 1.82) is 0 Å². The molecular weight excluding hydrogens is 286 g/mol. The smallest absolute Gasteiger partial charge is 0.218 e. The molecule has 1 aliphatic carbocycles. The zero-order valence-corrected chi connectivity index (χ0v) is 15.9. The highest BCUT2D eigenvalue weighted by molar-refractivity contribution is 6.88. The van der Waals surface area contributed by atoms with Crippen LogP contribution < -0.4 is 5.73 Å². The van der Waals surface area contributed by atoms with E-state index in [1.807, 2.05) is 0 Å². The van der Waals surface area contributed by atoms with Crippen LogP contribution in [0.3, 0.4) is 0 Å². The maximum atomic E-state index is 12.0. The van der Waals surface area contributed by atoms with E-state index in [2.05, 4.69) is 38.2 Å². The van der Waals surface area contributed by atoms with Gasteiger partial charge in [-0.15, -0.1) is 0 Å². The Bertz CT molecular complexity index is 398. The number of carbonyl (C=O) groups excluding carboxylic acids is 1. The predicted molar refractivity (Wildman–Crippen MR) is 99.5 cm³/mol. The molecule has 1 amide bonds. The molecule has 0 radical (unpaired) electrons. The molecule has 0 aromatic heterocycles. The summed E-state index contributed by atoms with van der Waals surface area (Å²) in [6, 6.07) is 0. The van der Waals surface area contributed by atoms with Gasteiger partial charge in [0, 0.05) is 5.54 Å². The number of nitrogens with two attached hydrogens (primary N) is 1. The SMILES string of the molecule is CCCCCCCCCCC(C(N)=O)[Si](C)(C)C1=CC=CC1. The highest BCUT2D eigenvalue weighted by atomic mass is 28.3. The van der Waals surface area contributed by atoms with E-state index in [9.17, 15) is 4.79 Å². The highest BCUT2D eigenvalue weighted by Gasteiger charge is 2.38. The van der Waals surface area contributed by atoms with E-state index in [-0.39, 0.29) is 11.4 Å². The molecular formula is C19H35NOSi. The third-order valence-electron chi connectivity index (χ3n) is 5.16. The van der Waals surface area contributed by atoms with Gasteiger partial charge in [-0.3, -0.25) is 4.79 Å². The summed E-state index contributed by atoms with van der Waals surface area (Å²) < 4.78 is 0. The molecule has 0 bridgehead atoms. The second-order valence-electron chi connectivity index (χ2n) is 7.26. The topological polar surface area (TPSA) is 43.1 Å². The van der Waals surface area contributed by atoms with Gasteiger partial charge in [-0.05, 0) is 12.8 Å². The number of carbonyl (C=O) groups is 1. The van der Waals surface area contributed by atoms with Gasteiger partial charge in [-0.1, -0.05) is 94.8 Å². The third-order valence-corrected chi connectivity index (χ3v) is 9.50. The molecule has 0 heterocycles. The molecule has 0 aliphatic heterocycles. The minimum atomic E-state index is -1.72. The highest BCUT2D eigenvalue weighted by Crippen LogP contribution is 2.36. The molecule has 0 saturated carbocycles. The first-order valence-electron chi connectivity index (χ1n) is 9.15. The molecule has 1 unspecified atom stereocenters. The Kier molecular flexibility index (Phi) is 8.77. The van der Waals surface area contributed by atoms with Gasteiger partial charge < -0.3 is 5.73 Å². The van der Waals surface area contributed by atoms with Crippen LogP contribution in [0.1, 0.15) is 71.1 Å². The monoisotopic (exact) mass is 321 g/mol. The average molecular weight is 322 g/mol. The first-order chi connectivity index (χ1) is 10.5. The summed E-state index contributed by atoms with van der Waals surface area (Å²) in [4.78, 5) is 12.0. The van der Waals surface area contributed by atoms with E-state index >= 15 is 0 Å². The van der Waals surface area contributed by atoms with E-state index in [4.69, 9.17) is 5.73 Å². The zero-order valence-electron chi connectivity index (χ0n) is 14.9. The largest absolute Gasteiger partial charge is 0.370 e. The summed E-state index contributed by atoms with van der Waals surface area (Å²) in [7, 11) is -1.72. The lowest BCUT2D eigenvalue weighted by molar-refractivity contribution is -0.118. The standard InChI is InChI=1S/C19H35NOSi/c1-4-5-6-7-8-9-10-11-16-18(19(20)21)22(2,3)17-14-12-13-15-17/h12-14,18H,4-11,15-16H2,1-3H3,(H2,20,21). The van der Waals surface area contributed by atoms with Crippen LogP contribution in [-0.4, -0.2) is 14.0 Å². The van der Waals surface area contributed by atoms with Crippen LogP contribution in [0.25, 0.3) is 0 Å². The zero-order chi connectivity index (χ0) is 16.4. The molecule has 1 aliphatic rings. The van der Waals surface area contributed by atoms with Gasteiger partial charge in [0.05, 0.1) is 8.07 Å². The van der Waals surface area contributed by atoms with Crippen LogP contribution in [-0.2, 0) is 4.79 Å². The fourth-order valence-corrected chi connectivity index (χ4v) is 6.74. The van der Waals surface area contributed by atoms with Crippen molar-refractivity contribution in [3.8, 4) is 0 Å². The van der Waals surface area contributed by atoms with E-state index in [0.29, 0.717) is 0 Å². The summed E-state index contributed by atoms with van der Waals surface area (Å²) in [5, 5.41) is 1.48. The Labute approximate surface area is 138 Å². The van der Waals surface area contributed by atoms with E-state index < -0.39 is 8.07 Å². The van der Waals surface area contributed by atoms with Gasteiger partial charge in [-0.2, -0.15) is 0 Å². The maximum Gasteiger partial charge on any atom is 0.218 e. The molecule has 0 aromatic carbocycles. The third kappa shape index (κ3) is 6.11. The van der Waals surface area contributed by atoms with Crippen molar-refractivity contribution in [2.24, 2.45) is 5.73 Å². The second kappa shape index (κ2) is 10.0. The van der Waals surface area contributed by atoms with Gasteiger partial charge in [-0.25, -0.2) is 0 Å². The number of allylic oxidation sites excluding steroid dienone is 4. The number of amides is 1. The summed E-state index contributed by atoms with van der Waals surface area (Å²) >= 11 is 0. The fraction of sp³-hybridized carbons (Fsp3) is 0.737. The number of unbranched alkanes of at least 4 members (excludes halogenated alkanes) is 7. The van der Waals surface area contributed by atoms with E-state index in [0.717, 1.165) is 19.3 Å². The molecule has 22 heavy (non-hydrogen) atoms. The lowest BCUT2D eigenvalue weighted by Crippen LogP contribution is -2.42. The molecule has 2 nitrogen and oxygen atoms in total. The Morgan fingerprint density at radius 3 is 2.23 bits per heavy atom. The van der Waals surface area contributed by atoms with Crippen LogP contribution in [0.2, 0.25) is 18.6 Å². The van der Waals surface area contributed by atoms with Crippen LogP contribution >= 0.6 is 0 Å². The van der Waals surface area contributed by atoms with Gasteiger partial charge >= 0.3 is 0 Å². The summed E-state index contributed by atoms with van der Waals surface area (Å²) in [6.45, 7) is 6.88. The van der Waals surface area contributed by atoms with Gasteiger partial charge in [0.2, 0.25) is 5.91 Å². The van der Waals surface area contributed by atoms with Crippen molar-refractivity contribution < 1.29 is 4.79 Å². The molecule has 126 valence electrons. The maximum absolute atomic E-state index is 12.0. The Morgan fingerprint density at radius 2 is 1.73 bits per heavy atom. The number of hydrogen-bond acceptors (Lipinski definition) is 1. The van der Waals surface area contributed by atoms with Gasteiger partial charge in [0.15, 0.2) is 0 Å². The molecule has 0 aromatic rings. The van der Waals surface area contributed by atoms with Crippen molar-refractivity contribution in [3.63, 3.8) is 0 Å². The van der Waals surface area contributed by atoms with Gasteiger partial charge in [0.25, 0.3) is 0 Å². The van der Waals surface area contributed by atoms with Crippen molar-refractivity contribution in [2.75, 3.05) is 0 Å². The number of rotatable bonds is 12. The lowest BCUT2D eigenvalue weighted by Gasteiger charge is -2.32. The molecule has 1 atom stereocenters. The van der Waals surface area contributed by atoms with Crippen LogP contribution in [0.15, 0.2) is 23.4 Å². The van der Waals surface area contributed by atoms with Crippen molar-refractivity contribution in [2.45, 2.75) is 89.8 Å². The minimum Gasteiger partial charge on any atom is -0.370 e. The van der Waals surface area contributed by atoms with E-state index in [1.165, 1.54) is 50.1 Å². The Balaban J connectivity index is 2.31. The summed E-state index contributed by atoms with van der Waals surface area (Å²) in [6.07, 6.45) is 19.0. The van der Waals surface area contributed by atoms with E-state index in [1.54, 1.807) is 0 Å². The second-order valence-corrected chi connectivity index (χ2v) is 12.0. The fourth-order valence-electron chi connectivity index (χ4n) is 3.49. The molecule has 1 rings (SSSR count). The Morgan fingerprint density at radius 1 is 1.14 bits per heavy atom. The summed E-state index contributed by atoms with van der Waals surface area (Å²) in [5.74, 6) is -0.0765. The Hall–Kier alpha value is -0.833. The first kappa shape index (κ1) is 19.2. The average Bonchev–Trinajstić information content (AvgIpc) is 3.00. The van der Waals surface area contributed by atoms with Crippen LogP contribution in [0.4, 0.5) is 0 Å². The van der Waals surface area contributed by atoms with Crippen molar-refractivity contribution in [3.05, 3.63) is 23.4 Å². The predicted octanol–water partition coefficient (Wildman–Crippen LogP) is 5.51. The molecule has 2 N–H and O–H groups in total. The minimum absolute atomic E-state index is 0.0765. The molecule has 0 spiro atoms. The van der Waals surface area contributed by atoms with Gasteiger partial charge in [0.1, 0.15) is 0 Å². The van der Waals surface area contributed by atoms with Crippen molar-refractivity contribution >= 4 is 14.0 Å². The molecule has 3 heteroatoms. The molecule has 0 saturated heterocycles. The number of hydrogen-bond donors (Lipinski definition) is 1. The number of primary amides is 1. The quantitative estimate of drug-likeness (QED) is 0.374. The summed E-state index contributed by atoms with van der Waals surface area (Å²) in [5.41, 5.74) is 5.83. The van der Waals surface area contributed by atoms with Crippen molar-refractivity contribution in [1.82, 2.24) is 0 Å². The van der Waals surface area contributed by atoms with Crippen LogP contribution in [0.5, 0.6) is 0 Å². The van der Waals surface area contributed by atoms with Crippen LogP contribution in [0, 0.1) is 0 Å². The normalized spacial score (nSPS) is 15.9. The first-order valence-corrected chi connectivity index (χ1v) is 12.2.